The van der Waals surface area contributed by atoms with E-state index in [1.165, 1.54) is 37.6 Å². The van der Waals surface area contributed by atoms with Crippen LogP contribution in [0.5, 0.6) is 17.2 Å². The molecule has 1 heterocycles. The standard InChI is InChI=1S/C22H20O8/c1-4-27-21(24)13(2)29-16-9-10-17-18(11-16)28-12-19(20(17)23)30-15-7-5-14(6-8-15)22(25)26-3/h5-13H,4H2,1-3H3/t13-/m1/s1. The van der Waals surface area contributed by atoms with E-state index < -0.39 is 18.0 Å². The number of hydrogen-bond acceptors (Lipinski definition) is 8. The smallest absolute Gasteiger partial charge is 0.347 e. The van der Waals surface area contributed by atoms with Gasteiger partial charge in [0.25, 0.3) is 0 Å². The van der Waals surface area contributed by atoms with Crippen molar-refractivity contribution in [3.8, 4) is 17.2 Å². The van der Waals surface area contributed by atoms with E-state index in [-0.39, 0.29) is 28.8 Å². The Labute approximate surface area is 171 Å². The maximum Gasteiger partial charge on any atom is 0.347 e. The molecule has 3 rings (SSSR count). The second kappa shape index (κ2) is 9.13. The molecule has 1 aromatic heterocycles. The van der Waals surface area contributed by atoms with Crippen LogP contribution in [-0.4, -0.2) is 31.8 Å². The first-order chi connectivity index (χ1) is 14.4. The molecule has 0 fully saturated rings. The highest BCUT2D eigenvalue weighted by Crippen LogP contribution is 2.25. The molecule has 1 atom stereocenters. The fraction of sp³-hybridized carbons (Fsp3) is 0.227. The number of rotatable bonds is 7. The lowest BCUT2D eigenvalue weighted by molar-refractivity contribution is -0.150. The van der Waals surface area contributed by atoms with Gasteiger partial charge >= 0.3 is 11.9 Å². The van der Waals surface area contributed by atoms with Crippen molar-refractivity contribution in [1.29, 1.82) is 0 Å². The summed E-state index contributed by atoms with van der Waals surface area (Å²) in [5, 5.41) is 0.287. The molecule has 3 aromatic rings. The van der Waals surface area contributed by atoms with Gasteiger partial charge in [-0.15, -0.1) is 0 Å². The number of benzene rings is 2. The summed E-state index contributed by atoms with van der Waals surface area (Å²) in [5.41, 5.74) is 0.264. The van der Waals surface area contributed by atoms with Crippen LogP contribution in [0.4, 0.5) is 0 Å². The average Bonchev–Trinajstić information content (AvgIpc) is 2.75. The summed E-state index contributed by atoms with van der Waals surface area (Å²) in [6.07, 6.45) is 0.391. The van der Waals surface area contributed by atoms with Gasteiger partial charge in [-0.05, 0) is 50.2 Å². The van der Waals surface area contributed by atoms with Crippen molar-refractivity contribution in [3.05, 3.63) is 64.5 Å². The van der Waals surface area contributed by atoms with Gasteiger partial charge < -0.3 is 23.4 Å². The third kappa shape index (κ3) is 4.60. The topological polar surface area (TPSA) is 101 Å². The Morgan fingerprint density at radius 3 is 2.43 bits per heavy atom. The van der Waals surface area contributed by atoms with Crippen LogP contribution in [0.3, 0.4) is 0 Å². The van der Waals surface area contributed by atoms with Crippen LogP contribution < -0.4 is 14.9 Å². The van der Waals surface area contributed by atoms with Crippen LogP contribution in [-0.2, 0) is 14.3 Å². The van der Waals surface area contributed by atoms with Gasteiger partial charge in [0, 0.05) is 6.07 Å². The van der Waals surface area contributed by atoms with Gasteiger partial charge in [-0.25, -0.2) is 9.59 Å². The monoisotopic (exact) mass is 412 g/mol. The second-order valence-corrected chi connectivity index (χ2v) is 6.22. The molecule has 2 aromatic carbocycles. The van der Waals surface area contributed by atoms with Crippen molar-refractivity contribution in [2.45, 2.75) is 20.0 Å². The number of fused-ring (bicyclic) bond motifs is 1. The summed E-state index contributed by atoms with van der Waals surface area (Å²) in [6, 6.07) is 10.7. The molecule has 0 saturated carbocycles. The van der Waals surface area contributed by atoms with Crippen molar-refractivity contribution < 1.29 is 33.0 Å². The summed E-state index contributed by atoms with van der Waals surface area (Å²) in [5.74, 6) is -0.249. The van der Waals surface area contributed by atoms with Gasteiger partial charge in [-0.2, -0.15) is 0 Å². The lowest BCUT2D eigenvalue weighted by Crippen LogP contribution is -2.26. The normalized spacial score (nSPS) is 11.6. The van der Waals surface area contributed by atoms with E-state index in [1.807, 2.05) is 0 Å². The Hall–Kier alpha value is -3.81. The van der Waals surface area contributed by atoms with Gasteiger partial charge in [-0.1, -0.05) is 0 Å². The highest BCUT2D eigenvalue weighted by molar-refractivity contribution is 5.89. The average molecular weight is 412 g/mol. The predicted octanol–water partition coefficient (Wildman–Crippen LogP) is 3.70. The SMILES string of the molecule is CCOC(=O)[C@@H](C)Oc1ccc2c(=O)c(Oc3ccc(C(=O)OC)cc3)coc2c1. The first-order valence-corrected chi connectivity index (χ1v) is 9.18. The largest absolute Gasteiger partial charge is 0.479 e. The first kappa shape index (κ1) is 20.9. The minimum Gasteiger partial charge on any atom is -0.479 e. The van der Waals surface area contributed by atoms with Crippen LogP contribution in [0.25, 0.3) is 11.0 Å². The Morgan fingerprint density at radius 2 is 1.77 bits per heavy atom. The first-order valence-electron chi connectivity index (χ1n) is 9.18. The molecule has 8 heteroatoms. The maximum absolute atomic E-state index is 12.7. The highest BCUT2D eigenvalue weighted by atomic mass is 16.6. The molecule has 30 heavy (non-hydrogen) atoms. The fourth-order valence-corrected chi connectivity index (χ4v) is 2.65. The van der Waals surface area contributed by atoms with Gasteiger partial charge in [0.15, 0.2) is 6.10 Å². The molecule has 0 radical (unpaired) electrons. The zero-order chi connectivity index (χ0) is 21.7. The summed E-state index contributed by atoms with van der Waals surface area (Å²) >= 11 is 0. The van der Waals surface area contributed by atoms with Crippen LogP contribution >= 0.6 is 0 Å². The van der Waals surface area contributed by atoms with E-state index >= 15 is 0 Å². The molecule has 0 bridgehead atoms. The number of methoxy groups -OCH3 is 1. The van der Waals surface area contributed by atoms with Crippen molar-refractivity contribution in [2.24, 2.45) is 0 Å². The Morgan fingerprint density at radius 1 is 1.07 bits per heavy atom. The van der Waals surface area contributed by atoms with E-state index in [9.17, 15) is 14.4 Å². The third-order valence-corrected chi connectivity index (χ3v) is 4.15. The number of hydrogen-bond donors (Lipinski definition) is 0. The summed E-state index contributed by atoms with van der Waals surface area (Å²) in [7, 11) is 1.29. The second-order valence-electron chi connectivity index (χ2n) is 6.22. The molecule has 0 unspecified atom stereocenters. The van der Waals surface area contributed by atoms with E-state index in [0.717, 1.165) is 0 Å². The number of ether oxygens (including phenoxy) is 4. The zero-order valence-corrected chi connectivity index (χ0v) is 16.7. The van der Waals surface area contributed by atoms with E-state index in [0.29, 0.717) is 17.1 Å². The van der Waals surface area contributed by atoms with Crippen molar-refractivity contribution in [2.75, 3.05) is 13.7 Å². The molecular weight excluding hydrogens is 392 g/mol. The molecule has 8 nitrogen and oxygen atoms in total. The molecule has 0 aliphatic carbocycles. The highest BCUT2D eigenvalue weighted by Gasteiger charge is 2.17. The third-order valence-electron chi connectivity index (χ3n) is 4.15. The Bertz CT molecular complexity index is 1110. The Kier molecular flexibility index (Phi) is 6.36. The number of esters is 2. The van der Waals surface area contributed by atoms with E-state index in [1.54, 1.807) is 32.0 Å². The van der Waals surface area contributed by atoms with E-state index in [4.69, 9.17) is 18.6 Å². The number of carbonyl (C=O) groups is 2. The minimum atomic E-state index is -0.801. The lowest BCUT2D eigenvalue weighted by atomic mass is 10.2. The lowest BCUT2D eigenvalue weighted by Gasteiger charge is -2.13. The minimum absolute atomic E-state index is 0.0121. The van der Waals surface area contributed by atoms with Crippen molar-refractivity contribution >= 4 is 22.9 Å². The number of carbonyl (C=O) groups excluding carboxylic acids is 2. The Balaban J connectivity index is 1.80. The summed E-state index contributed by atoms with van der Waals surface area (Å²) in [6.45, 7) is 3.54. The molecule has 0 aliphatic heterocycles. The maximum atomic E-state index is 12.7. The van der Waals surface area contributed by atoms with Crippen molar-refractivity contribution in [1.82, 2.24) is 0 Å². The zero-order valence-electron chi connectivity index (χ0n) is 16.7. The van der Waals surface area contributed by atoms with Crippen LogP contribution in [0, 0.1) is 0 Å². The molecular formula is C22H20O8. The van der Waals surface area contributed by atoms with Gasteiger partial charge in [0.05, 0.1) is 24.7 Å². The van der Waals surface area contributed by atoms with Crippen LogP contribution in [0.2, 0.25) is 0 Å². The van der Waals surface area contributed by atoms with Crippen molar-refractivity contribution in [3.63, 3.8) is 0 Å². The quantitative estimate of drug-likeness (QED) is 0.542. The molecule has 0 saturated heterocycles. The van der Waals surface area contributed by atoms with Crippen LogP contribution in [0.15, 0.2) is 57.9 Å². The molecule has 0 aliphatic rings. The van der Waals surface area contributed by atoms with Gasteiger partial charge in [-0.3, -0.25) is 4.79 Å². The van der Waals surface area contributed by atoms with Crippen LogP contribution in [0.1, 0.15) is 24.2 Å². The summed E-state index contributed by atoms with van der Waals surface area (Å²) < 4.78 is 26.2. The molecule has 0 amide bonds. The fourth-order valence-electron chi connectivity index (χ4n) is 2.65. The predicted molar refractivity (Wildman–Crippen MR) is 107 cm³/mol. The molecule has 0 spiro atoms. The van der Waals surface area contributed by atoms with Gasteiger partial charge in [0.2, 0.25) is 11.2 Å². The molecule has 156 valence electrons. The van der Waals surface area contributed by atoms with Gasteiger partial charge in [0.1, 0.15) is 23.3 Å². The molecule has 0 N–H and O–H groups in total. The summed E-state index contributed by atoms with van der Waals surface area (Å²) in [4.78, 5) is 35.9. The van der Waals surface area contributed by atoms with E-state index in [2.05, 4.69) is 4.74 Å².